The van der Waals surface area contributed by atoms with Crippen LogP contribution in [0.2, 0.25) is 0 Å². The third-order valence-corrected chi connectivity index (χ3v) is 4.78. The highest BCUT2D eigenvalue weighted by Crippen LogP contribution is 2.10. The molecule has 2 aromatic heterocycles. The van der Waals surface area contributed by atoms with E-state index in [9.17, 15) is 9.59 Å². The van der Waals surface area contributed by atoms with Gasteiger partial charge >= 0.3 is 0 Å². The molecular weight excluding hydrogens is 364 g/mol. The Kier molecular flexibility index (Phi) is 6.79. The second-order valence-corrected chi connectivity index (χ2v) is 7.00. The van der Waals surface area contributed by atoms with Gasteiger partial charge in [0.25, 0.3) is 5.91 Å². The van der Waals surface area contributed by atoms with E-state index in [1.54, 1.807) is 30.3 Å². The molecule has 0 aliphatic carbocycles. The van der Waals surface area contributed by atoms with E-state index in [4.69, 9.17) is 0 Å². The van der Waals surface area contributed by atoms with Gasteiger partial charge in [0, 0.05) is 51.3 Å². The lowest BCUT2D eigenvalue weighted by molar-refractivity contribution is -0.132. The third-order valence-electron chi connectivity index (χ3n) is 4.78. The number of benzene rings is 1. The topological polar surface area (TPSA) is 67.2 Å². The summed E-state index contributed by atoms with van der Waals surface area (Å²) in [6, 6.07) is 14.4. The van der Waals surface area contributed by atoms with Gasteiger partial charge in [-0.2, -0.15) is 0 Å². The first-order valence-electron chi connectivity index (χ1n) is 9.71. The fraction of sp³-hybridized carbons (Fsp3) is 0.261. The Labute approximate surface area is 171 Å². The number of aromatic nitrogens is 2. The largest absolute Gasteiger partial charge is 0.354 e. The average Bonchev–Trinajstić information content (AvgIpc) is 3.21. The summed E-state index contributed by atoms with van der Waals surface area (Å²) in [4.78, 5) is 31.5. The van der Waals surface area contributed by atoms with Crippen LogP contribution >= 0.6 is 0 Å². The van der Waals surface area contributed by atoms with Crippen LogP contribution in [0.25, 0.3) is 0 Å². The molecule has 1 unspecified atom stereocenters. The predicted molar refractivity (Wildman–Crippen MR) is 112 cm³/mol. The van der Waals surface area contributed by atoms with Crippen molar-refractivity contribution >= 4 is 11.8 Å². The van der Waals surface area contributed by atoms with Crippen LogP contribution in [-0.4, -0.2) is 39.4 Å². The van der Waals surface area contributed by atoms with Crippen LogP contribution in [0.4, 0.5) is 0 Å². The number of nitrogens with one attached hydrogen (secondary N) is 1. The number of aryl methyl sites for hydroxylation is 1. The van der Waals surface area contributed by atoms with Crippen molar-refractivity contribution in [1.29, 1.82) is 0 Å². The molecule has 3 rings (SSSR count). The summed E-state index contributed by atoms with van der Waals surface area (Å²) >= 11 is 0. The minimum absolute atomic E-state index is 0.129. The SMILES string of the molecule is CCn1ccc(CN(C)C(=O)C(Cc2ccccc2)NC(=O)c2cccnc2)c1. The minimum Gasteiger partial charge on any atom is -0.354 e. The number of hydrogen-bond acceptors (Lipinski definition) is 3. The molecule has 0 radical (unpaired) electrons. The quantitative estimate of drug-likeness (QED) is 0.643. The van der Waals surface area contributed by atoms with Crippen LogP contribution in [0.15, 0.2) is 73.3 Å². The van der Waals surface area contributed by atoms with Gasteiger partial charge in [-0.25, -0.2) is 0 Å². The van der Waals surface area contributed by atoms with Crippen molar-refractivity contribution in [2.45, 2.75) is 32.5 Å². The Bertz CT molecular complexity index is 938. The monoisotopic (exact) mass is 390 g/mol. The molecule has 2 amide bonds. The first kappa shape index (κ1) is 20.3. The Balaban J connectivity index is 1.75. The molecular formula is C23H26N4O2. The third kappa shape index (κ3) is 5.54. The van der Waals surface area contributed by atoms with E-state index in [1.165, 1.54) is 6.20 Å². The maximum Gasteiger partial charge on any atom is 0.253 e. The Morgan fingerprint density at radius 2 is 1.90 bits per heavy atom. The molecule has 0 spiro atoms. The van der Waals surface area contributed by atoms with E-state index in [1.807, 2.05) is 48.8 Å². The van der Waals surface area contributed by atoms with E-state index in [0.717, 1.165) is 17.7 Å². The van der Waals surface area contributed by atoms with Crippen LogP contribution in [0.5, 0.6) is 0 Å². The van der Waals surface area contributed by atoms with E-state index >= 15 is 0 Å². The smallest absolute Gasteiger partial charge is 0.253 e. The molecule has 0 saturated heterocycles. The summed E-state index contributed by atoms with van der Waals surface area (Å²) in [7, 11) is 1.76. The fourth-order valence-corrected chi connectivity index (χ4v) is 3.19. The molecule has 1 aromatic carbocycles. The van der Waals surface area contributed by atoms with Crippen LogP contribution in [0.3, 0.4) is 0 Å². The van der Waals surface area contributed by atoms with Crippen LogP contribution < -0.4 is 5.32 Å². The van der Waals surface area contributed by atoms with E-state index in [0.29, 0.717) is 18.5 Å². The molecule has 2 heterocycles. The van der Waals surface area contributed by atoms with E-state index < -0.39 is 6.04 Å². The molecule has 0 aliphatic rings. The average molecular weight is 390 g/mol. The fourth-order valence-electron chi connectivity index (χ4n) is 3.19. The maximum absolute atomic E-state index is 13.2. The summed E-state index contributed by atoms with van der Waals surface area (Å²) in [6.45, 7) is 3.44. The van der Waals surface area contributed by atoms with Crippen molar-refractivity contribution < 1.29 is 9.59 Å². The van der Waals surface area contributed by atoms with Crippen molar-refractivity contribution in [2.24, 2.45) is 0 Å². The molecule has 0 saturated carbocycles. The van der Waals surface area contributed by atoms with Crippen molar-refractivity contribution in [3.8, 4) is 0 Å². The van der Waals surface area contributed by atoms with Gasteiger partial charge in [0.05, 0.1) is 5.56 Å². The van der Waals surface area contributed by atoms with Gasteiger partial charge in [0.15, 0.2) is 0 Å². The number of rotatable bonds is 8. The first-order valence-corrected chi connectivity index (χ1v) is 9.71. The number of amides is 2. The molecule has 0 aliphatic heterocycles. The standard InChI is InChI=1S/C23H26N4O2/c1-3-27-13-11-19(17-27)16-26(2)23(29)21(14-18-8-5-4-6-9-18)25-22(28)20-10-7-12-24-15-20/h4-13,15,17,21H,3,14,16H2,1-2H3,(H,25,28). The molecule has 150 valence electrons. The zero-order chi connectivity index (χ0) is 20.6. The highest BCUT2D eigenvalue weighted by Gasteiger charge is 2.25. The van der Waals surface area contributed by atoms with Crippen LogP contribution in [0, 0.1) is 0 Å². The number of pyridine rings is 1. The van der Waals surface area contributed by atoms with Crippen molar-refractivity contribution in [3.63, 3.8) is 0 Å². The van der Waals surface area contributed by atoms with Gasteiger partial charge in [-0.05, 0) is 36.2 Å². The number of hydrogen-bond donors (Lipinski definition) is 1. The van der Waals surface area contributed by atoms with Gasteiger partial charge in [-0.1, -0.05) is 30.3 Å². The second-order valence-electron chi connectivity index (χ2n) is 7.00. The highest BCUT2D eigenvalue weighted by atomic mass is 16.2. The van der Waals surface area contributed by atoms with Crippen molar-refractivity contribution in [2.75, 3.05) is 7.05 Å². The molecule has 0 bridgehead atoms. The Hall–Kier alpha value is -3.41. The molecule has 1 atom stereocenters. The first-order chi connectivity index (χ1) is 14.1. The summed E-state index contributed by atoms with van der Waals surface area (Å²) in [5.74, 6) is -0.437. The van der Waals surface area contributed by atoms with Crippen molar-refractivity contribution in [1.82, 2.24) is 19.8 Å². The molecule has 0 fully saturated rings. The zero-order valence-corrected chi connectivity index (χ0v) is 16.8. The summed E-state index contributed by atoms with van der Waals surface area (Å²) in [5.41, 5.74) is 2.48. The summed E-state index contributed by atoms with van der Waals surface area (Å²) in [6.07, 6.45) is 7.56. The molecule has 6 heteroatoms. The van der Waals surface area contributed by atoms with Gasteiger partial charge in [0.1, 0.15) is 6.04 Å². The molecule has 6 nitrogen and oxygen atoms in total. The molecule has 3 aromatic rings. The van der Waals surface area contributed by atoms with E-state index in [-0.39, 0.29) is 11.8 Å². The Morgan fingerprint density at radius 3 is 2.55 bits per heavy atom. The molecule has 1 N–H and O–H groups in total. The second kappa shape index (κ2) is 9.68. The number of carbonyl (C=O) groups excluding carboxylic acids is 2. The van der Waals surface area contributed by atoms with Gasteiger partial charge in [-0.15, -0.1) is 0 Å². The maximum atomic E-state index is 13.2. The Morgan fingerprint density at radius 1 is 1.10 bits per heavy atom. The normalized spacial score (nSPS) is 11.7. The lowest BCUT2D eigenvalue weighted by atomic mass is 10.0. The van der Waals surface area contributed by atoms with Gasteiger partial charge in [0.2, 0.25) is 5.91 Å². The molecule has 29 heavy (non-hydrogen) atoms. The van der Waals surface area contributed by atoms with Gasteiger partial charge in [-0.3, -0.25) is 14.6 Å². The van der Waals surface area contributed by atoms with Gasteiger partial charge < -0.3 is 14.8 Å². The number of carbonyl (C=O) groups is 2. The van der Waals surface area contributed by atoms with Crippen molar-refractivity contribution in [3.05, 3.63) is 90.0 Å². The number of nitrogens with zero attached hydrogens (tertiary/aromatic N) is 3. The zero-order valence-electron chi connectivity index (χ0n) is 16.8. The lowest BCUT2D eigenvalue weighted by Gasteiger charge is -2.24. The highest BCUT2D eigenvalue weighted by molar-refractivity contribution is 5.97. The summed E-state index contributed by atoms with van der Waals surface area (Å²) < 4.78 is 2.07. The van der Waals surface area contributed by atoms with Crippen LogP contribution in [0.1, 0.15) is 28.4 Å². The lowest BCUT2D eigenvalue weighted by Crippen LogP contribution is -2.48. The summed E-state index contributed by atoms with van der Waals surface area (Å²) in [5, 5.41) is 2.89. The predicted octanol–water partition coefficient (Wildman–Crippen LogP) is 2.90. The minimum atomic E-state index is -0.664. The number of likely N-dealkylation sites (N-methyl/N-ethyl adjacent to an activating group) is 1. The van der Waals surface area contributed by atoms with E-state index in [2.05, 4.69) is 21.8 Å². The van der Waals surface area contributed by atoms with Crippen LogP contribution in [-0.2, 0) is 24.3 Å².